The van der Waals surface area contributed by atoms with E-state index in [1.807, 2.05) is 30.3 Å². The summed E-state index contributed by atoms with van der Waals surface area (Å²) in [6.45, 7) is 0.373. The van der Waals surface area contributed by atoms with Crippen molar-refractivity contribution in [1.29, 1.82) is 0 Å². The van der Waals surface area contributed by atoms with Crippen LogP contribution in [0.5, 0.6) is 11.5 Å². The van der Waals surface area contributed by atoms with E-state index in [9.17, 15) is 4.79 Å². The van der Waals surface area contributed by atoms with Crippen molar-refractivity contribution in [3.8, 4) is 11.5 Å². The molecule has 1 amide bonds. The van der Waals surface area contributed by atoms with Crippen molar-refractivity contribution in [2.75, 3.05) is 7.11 Å². The Morgan fingerprint density at radius 2 is 2.00 bits per heavy atom. The number of rotatable bonds is 5. The molecule has 2 rings (SSSR count). The number of hydrazine groups is 1. The van der Waals surface area contributed by atoms with Gasteiger partial charge in [0, 0.05) is 21.7 Å². The largest absolute Gasteiger partial charge is 0.497 e. The molecule has 110 valence electrons. The number of carbonyl (C=O) groups is 1. The third-order valence-electron chi connectivity index (χ3n) is 2.88. The highest BCUT2D eigenvalue weighted by Crippen LogP contribution is 2.23. The molecule has 21 heavy (non-hydrogen) atoms. The van der Waals surface area contributed by atoms with Gasteiger partial charge < -0.3 is 9.47 Å². The van der Waals surface area contributed by atoms with Crippen LogP contribution in [-0.2, 0) is 6.61 Å². The van der Waals surface area contributed by atoms with Crippen LogP contribution in [0.2, 0.25) is 0 Å². The molecular formula is C15H15BrN2O3. The van der Waals surface area contributed by atoms with Crippen LogP contribution in [0.1, 0.15) is 15.9 Å². The molecule has 0 heterocycles. The van der Waals surface area contributed by atoms with Gasteiger partial charge in [0.15, 0.2) is 0 Å². The highest BCUT2D eigenvalue weighted by atomic mass is 79.9. The Morgan fingerprint density at radius 3 is 2.67 bits per heavy atom. The number of ether oxygens (including phenoxy) is 2. The molecule has 0 saturated heterocycles. The third-order valence-corrected chi connectivity index (χ3v) is 3.62. The van der Waals surface area contributed by atoms with E-state index in [1.54, 1.807) is 19.2 Å². The summed E-state index contributed by atoms with van der Waals surface area (Å²) in [5.41, 5.74) is 3.50. The monoisotopic (exact) mass is 350 g/mol. The first kappa shape index (κ1) is 15.3. The summed E-state index contributed by atoms with van der Waals surface area (Å²) in [5, 5.41) is 0. The molecule has 0 aliphatic carbocycles. The summed E-state index contributed by atoms with van der Waals surface area (Å²) in [4.78, 5) is 11.4. The van der Waals surface area contributed by atoms with Gasteiger partial charge in [-0.1, -0.05) is 28.1 Å². The number of hydrogen-bond donors (Lipinski definition) is 2. The molecule has 0 aromatic heterocycles. The van der Waals surface area contributed by atoms with Crippen molar-refractivity contribution in [2.45, 2.75) is 6.61 Å². The van der Waals surface area contributed by atoms with Gasteiger partial charge in [0.2, 0.25) is 0 Å². The average molecular weight is 351 g/mol. The van der Waals surface area contributed by atoms with E-state index in [0.717, 1.165) is 15.8 Å². The Balaban J connectivity index is 2.07. The molecule has 0 radical (unpaired) electrons. The normalized spacial score (nSPS) is 10.0. The number of hydrogen-bond acceptors (Lipinski definition) is 4. The molecule has 2 aromatic rings. The molecule has 0 aliphatic rings. The van der Waals surface area contributed by atoms with E-state index < -0.39 is 0 Å². The number of nitrogen functional groups attached to an aromatic ring is 1. The maximum absolute atomic E-state index is 11.4. The van der Waals surface area contributed by atoms with Crippen molar-refractivity contribution < 1.29 is 14.3 Å². The molecule has 0 saturated carbocycles. The van der Waals surface area contributed by atoms with Crippen molar-refractivity contribution in [2.24, 2.45) is 5.84 Å². The Hall–Kier alpha value is -2.05. The number of methoxy groups -OCH3 is 1. The number of benzene rings is 2. The first-order chi connectivity index (χ1) is 10.1. The summed E-state index contributed by atoms with van der Waals surface area (Å²) >= 11 is 3.42. The van der Waals surface area contributed by atoms with Crippen LogP contribution in [-0.4, -0.2) is 13.0 Å². The lowest BCUT2D eigenvalue weighted by molar-refractivity contribution is 0.0953. The molecule has 2 aromatic carbocycles. The van der Waals surface area contributed by atoms with Gasteiger partial charge in [-0.25, -0.2) is 5.84 Å². The summed E-state index contributed by atoms with van der Waals surface area (Å²) in [6.07, 6.45) is 0. The van der Waals surface area contributed by atoms with Gasteiger partial charge in [-0.15, -0.1) is 0 Å². The second-order valence-corrected chi connectivity index (χ2v) is 5.10. The number of nitrogens with one attached hydrogen (secondary N) is 1. The maximum Gasteiger partial charge on any atom is 0.265 e. The van der Waals surface area contributed by atoms with Gasteiger partial charge >= 0.3 is 0 Å². The van der Waals surface area contributed by atoms with E-state index >= 15 is 0 Å². The van der Waals surface area contributed by atoms with E-state index in [-0.39, 0.29) is 5.91 Å². The minimum absolute atomic E-state index is 0.337. The van der Waals surface area contributed by atoms with Gasteiger partial charge in [0.1, 0.15) is 18.1 Å². The minimum atomic E-state index is -0.337. The van der Waals surface area contributed by atoms with Crippen LogP contribution in [0, 0.1) is 0 Å². The van der Waals surface area contributed by atoms with Crippen LogP contribution < -0.4 is 20.7 Å². The quantitative estimate of drug-likeness (QED) is 0.493. The van der Waals surface area contributed by atoms with Gasteiger partial charge in [0.05, 0.1) is 7.11 Å². The van der Waals surface area contributed by atoms with Gasteiger partial charge in [0.25, 0.3) is 5.91 Å². The summed E-state index contributed by atoms with van der Waals surface area (Å²) in [6, 6.07) is 12.6. The highest BCUT2D eigenvalue weighted by molar-refractivity contribution is 9.10. The zero-order valence-electron chi connectivity index (χ0n) is 11.4. The number of nitrogens with two attached hydrogens (primary N) is 1. The lowest BCUT2D eigenvalue weighted by atomic mass is 10.1. The fourth-order valence-electron chi connectivity index (χ4n) is 1.74. The summed E-state index contributed by atoms with van der Waals surface area (Å²) in [5.74, 6) is 6.22. The first-order valence-electron chi connectivity index (χ1n) is 6.20. The number of carbonyl (C=O) groups excluding carboxylic acids is 1. The summed E-state index contributed by atoms with van der Waals surface area (Å²) < 4.78 is 11.6. The Kier molecular flexibility index (Phi) is 5.19. The zero-order chi connectivity index (χ0) is 15.2. The second kappa shape index (κ2) is 7.10. The maximum atomic E-state index is 11.4. The van der Waals surface area contributed by atoms with E-state index in [1.165, 1.54) is 0 Å². The Morgan fingerprint density at radius 1 is 1.24 bits per heavy atom. The molecule has 0 spiro atoms. The Labute approximate surface area is 131 Å². The molecule has 0 bridgehead atoms. The van der Waals surface area contributed by atoms with E-state index in [2.05, 4.69) is 21.4 Å². The molecule has 0 unspecified atom stereocenters. The second-order valence-electron chi connectivity index (χ2n) is 4.25. The van der Waals surface area contributed by atoms with Crippen LogP contribution >= 0.6 is 15.9 Å². The van der Waals surface area contributed by atoms with Crippen molar-refractivity contribution in [3.63, 3.8) is 0 Å². The van der Waals surface area contributed by atoms with E-state index in [0.29, 0.717) is 17.9 Å². The van der Waals surface area contributed by atoms with Gasteiger partial charge in [-0.3, -0.25) is 10.2 Å². The fourth-order valence-corrected chi connectivity index (χ4v) is 2.23. The first-order valence-corrected chi connectivity index (χ1v) is 6.99. The Bertz CT molecular complexity index is 647. The zero-order valence-corrected chi connectivity index (χ0v) is 13.0. The SMILES string of the molecule is COc1cccc(OCc2ccc(C(=O)NN)cc2Br)c1. The predicted molar refractivity (Wildman–Crippen MR) is 83.1 cm³/mol. The van der Waals surface area contributed by atoms with Crippen molar-refractivity contribution in [3.05, 3.63) is 58.1 Å². The fraction of sp³-hybridized carbons (Fsp3) is 0.133. The average Bonchev–Trinajstić information content (AvgIpc) is 2.53. The van der Waals surface area contributed by atoms with E-state index in [4.69, 9.17) is 15.3 Å². The predicted octanol–water partition coefficient (Wildman–Crippen LogP) is 2.64. The molecular weight excluding hydrogens is 336 g/mol. The van der Waals surface area contributed by atoms with Gasteiger partial charge in [-0.05, 0) is 24.3 Å². The number of halogens is 1. The smallest absolute Gasteiger partial charge is 0.265 e. The van der Waals surface area contributed by atoms with Crippen LogP contribution in [0.25, 0.3) is 0 Å². The van der Waals surface area contributed by atoms with Crippen LogP contribution in [0.15, 0.2) is 46.9 Å². The molecule has 0 aliphatic heterocycles. The molecule has 6 heteroatoms. The lowest BCUT2D eigenvalue weighted by Gasteiger charge is -2.10. The van der Waals surface area contributed by atoms with Crippen molar-refractivity contribution >= 4 is 21.8 Å². The third kappa shape index (κ3) is 3.96. The molecule has 3 N–H and O–H groups in total. The van der Waals surface area contributed by atoms with Crippen molar-refractivity contribution in [1.82, 2.24) is 5.43 Å². The minimum Gasteiger partial charge on any atom is -0.497 e. The topological polar surface area (TPSA) is 73.6 Å². The van der Waals surface area contributed by atoms with Crippen LogP contribution in [0.4, 0.5) is 0 Å². The lowest BCUT2D eigenvalue weighted by Crippen LogP contribution is -2.29. The standard InChI is InChI=1S/C15H15BrN2O3/c1-20-12-3-2-4-13(8-12)21-9-11-6-5-10(7-14(11)16)15(19)18-17/h2-8H,9,17H2,1H3,(H,18,19). The molecule has 0 fully saturated rings. The number of amides is 1. The molecule has 5 nitrogen and oxygen atoms in total. The van der Waals surface area contributed by atoms with Crippen LogP contribution in [0.3, 0.4) is 0 Å². The molecule has 0 atom stereocenters. The van der Waals surface area contributed by atoms with Gasteiger partial charge in [-0.2, -0.15) is 0 Å². The summed E-state index contributed by atoms with van der Waals surface area (Å²) in [7, 11) is 1.61. The highest BCUT2D eigenvalue weighted by Gasteiger charge is 2.08.